The molecule has 2 N–H and O–H groups in total. The number of aromatic amines is 1. The maximum atomic E-state index is 14.1. The predicted molar refractivity (Wildman–Crippen MR) is 123 cm³/mol. The van der Waals surface area contributed by atoms with Crippen molar-refractivity contribution in [3.8, 4) is 0 Å². The van der Waals surface area contributed by atoms with Gasteiger partial charge in [-0.1, -0.05) is 38.1 Å². The van der Waals surface area contributed by atoms with Crippen LogP contribution in [0.3, 0.4) is 0 Å². The number of aromatic nitrogens is 2. The third-order valence-electron chi connectivity index (χ3n) is 6.11. The lowest BCUT2D eigenvalue weighted by atomic mass is 10.00. The molecule has 0 bridgehead atoms. The Morgan fingerprint density at radius 3 is 2.39 bits per heavy atom. The van der Waals surface area contributed by atoms with Crippen LogP contribution in [0.25, 0.3) is 11.0 Å². The Labute approximate surface area is 191 Å². The van der Waals surface area contributed by atoms with Crippen LogP contribution in [-0.4, -0.2) is 47.9 Å². The first kappa shape index (κ1) is 23.2. The van der Waals surface area contributed by atoms with E-state index in [0.29, 0.717) is 25.9 Å². The van der Waals surface area contributed by atoms with Gasteiger partial charge in [0.25, 0.3) is 0 Å². The molecular formula is C23H27FN4O4S. The number of imidazole rings is 1. The van der Waals surface area contributed by atoms with Crippen molar-refractivity contribution in [3.05, 3.63) is 64.8 Å². The first-order chi connectivity index (χ1) is 15.7. The van der Waals surface area contributed by atoms with Gasteiger partial charge >= 0.3 is 5.69 Å². The molecule has 10 heteroatoms. The standard InChI is InChI=1S/C23H27FN4O4S/c1-15(2)21(26-33(31,32)20-10-6-3-7-17(20)24)22(29)27-13-11-16(12-14-27)28-19-9-5-4-8-18(19)25-23(28)30/h3-10,15-16,21,26H,11-14H2,1-2H3,(H,25,30)/t21-/m0/s1. The molecule has 0 aliphatic carbocycles. The highest BCUT2D eigenvalue weighted by molar-refractivity contribution is 7.89. The monoisotopic (exact) mass is 474 g/mol. The van der Waals surface area contributed by atoms with Crippen LogP contribution in [0.4, 0.5) is 4.39 Å². The SMILES string of the molecule is CC(C)[C@H](NS(=O)(=O)c1ccccc1F)C(=O)N1CCC(n2c(=O)[nH]c3ccccc32)CC1. The van der Waals surface area contributed by atoms with Gasteiger partial charge in [-0.2, -0.15) is 4.72 Å². The number of sulfonamides is 1. The highest BCUT2D eigenvalue weighted by Gasteiger charge is 2.34. The number of piperidine rings is 1. The van der Waals surface area contributed by atoms with Crippen molar-refractivity contribution >= 4 is 27.0 Å². The Kier molecular flexibility index (Phi) is 6.40. The summed E-state index contributed by atoms with van der Waals surface area (Å²) in [6.07, 6.45) is 1.14. The molecule has 1 saturated heterocycles. The number of hydrogen-bond acceptors (Lipinski definition) is 4. The van der Waals surface area contributed by atoms with E-state index < -0.39 is 26.8 Å². The number of fused-ring (bicyclic) bond motifs is 1. The van der Waals surface area contributed by atoms with Crippen molar-refractivity contribution in [2.75, 3.05) is 13.1 Å². The van der Waals surface area contributed by atoms with Crippen LogP contribution in [0.5, 0.6) is 0 Å². The molecule has 0 spiro atoms. The van der Waals surface area contributed by atoms with Crippen molar-refractivity contribution in [2.24, 2.45) is 5.92 Å². The third-order valence-corrected chi connectivity index (χ3v) is 7.58. The van der Waals surface area contributed by atoms with E-state index in [4.69, 9.17) is 0 Å². The molecule has 1 aliphatic heterocycles. The van der Waals surface area contributed by atoms with E-state index in [-0.39, 0.29) is 23.6 Å². The number of hydrogen-bond donors (Lipinski definition) is 2. The summed E-state index contributed by atoms with van der Waals surface area (Å²) in [7, 11) is -4.22. The summed E-state index contributed by atoms with van der Waals surface area (Å²) in [5.41, 5.74) is 1.41. The zero-order valence-corrected chi connectivity index (χ0v) is 19.3. The molecule has 2 heterocycles. The minimum Gasteiger partial charge on any atom is -0.341 e. The van der Waals surface area contributed by atoms with Gasteiger partial charge in [0.1, 0.15) is 16.8 Å². The number of carbonyl (C=O) groups excluding carboxylic acids is 1. The van der Waals surface area contributed by atoms with E-state index in [1.807, 2.05) is 24.3 Å². The molecule has 3 aromatic rings. The van der Waals surface area contributed by atoms with Crippen molar-refractivity contribution in [1.29, 1.82) is 0 Å². The zero-order valence-electron chi connectivity index (χ0n) is 18.5. The van der Waals surface area contributed by atoms with Gasteiger partial charge in [-0.3, -0.25) is 9.36 Å². The number of H-pyrrole nitrogens is 1. The second-order valence-electron chi connectivity index (χ2n) is 8.65. The Balaban J connectivity index is 1.49. The number of halogens is 1. The van der Waals surface area contributed by atoms with Crippen LogP contribution in [0.15, 0.2) is 58.2 Å². The molecule has 0 unspecified atom stereocenters. The predicted octanol–water partition coefficient (Wildman–Crippen LogP) is 2.64. The van der Waals surface area contributed by atoms with Gasteiger partial charge in [0.15, 0.2) is 0 Å². The van der Waals surface area contributed by atoms with Crippen LogP contribution in [-0.2, 0) is 14.8 Å². The number of nitrogens with zero attached hydrogens (tertiary/aromatic N) is 2. The summed E-state index contributed by atoms with van der Waals surface area (Å²) in [5.74, 6) is -1.56. The van der Waals surface area contributed by atoms with E-state index in [1.165, 1.54) is 18.2 Å². The Hall–Kier alpha value is -2.98. The molecule has 1 fully saturated rings. The summed E-state index contributed by atoms with van der Waals surface area (Å²) >= 11 is 0. The lowest BCUT2D eigenvalue weighted by Crippen LogP contribution is -2.53. The van der Waals surface area contributed by atoms with Gasteiger partial charge < -0.3 is 9.88 Å². The van der Waals surface area contributed by atoms with E-state index >= 15 is 0 Å². The first-order valence-electron chi connectivity index (χ1n) is 10.9. The van der Waals surface area contributed by atoms with Gasteiger partial charge in [-0.15, -0.1) is 0 Å². The van der Waals surface area contributed by atoms with Crippen LogP contribution in [0.1, 0.15) is 32.7 Å². The Morgan fingerprint density at radius 1 is 1.09 bits per heavy atom. The Bertz CT molecular complexity index is 1320. The highest BCUT2D eigenvalue weighted by Crippen LogP contribution is 2.26. The number of likely N-dealkylation sites (tertiary alicyclic amines) is 1. The fourth-order valence-corrected chi connectivity index (χ4v) is 5.76. The minimum atomic E-state index is -4.22. The summed E-state index contributed by atoms with van der Waals surface area (Å²) in [6.45, 7) is 4.26. The van der Waals surface area contributed by atoms with Crippen molar-refractivity contribution < 1.29 is 17.6 Å². The molecule has 1 aliphatic rings. The molecule has 176 valence electrons. The second-order valence-corrected chi connectivity index (χ2v) is 10.3. The van der Waals surface area contributed by atoms with E-state index in [0.717, 1.165) is 17.1 Å². The number of carbonyl (C=O) groups is 1. The molecule has 2 aromatic carbocycles. The van der Waals surface area contributed by atoms with Gasteiger partial charge in [0.05, 0.1) is 11.0 Å². The molecule has 1 aromatic heterocycles. The number of rotatable bonds is 6. The molecular weight excluding hydrogens is 447 g/mol. The average Bonchev–Trinajstić information content (AvgIpc) is 3.13. The smallest absolute Gasteiger partial charge is 0.326 e. The Morgan fingerprint density at radius 2 is 1.73 bits per heavy atom. The normalized spacial score (nSPS) is 16.4. The largest absolute Gasteiger partial charge is 0.341 e. The maximum Gasteiger partial charge on any atom is 0.326 e. The summed E-state index contributed by atoms with van der Waals surface area (Å²) < 4.78 is 43.7. The van der Waals surface area contributed by atoms with Gasteiger partial charge in [0.2, 0.25) is 15.9 Å². The zero-order chi connectivity index (χ0) is 23.8. The molecule has 0 radical (unpaired) electrons. The summed E-state index contributed by atoms with van der Waals surface area (Å²) in [6, 6.07) is 11.5. The van der Waals surface area contributed by atoms with E-state index in [9.17, 15) is 22.4 Å². The third kappa shape index (κ3) is 4.58. The number of amides is 1. The van der Waals surface area contributed by atoms with Gasteiger partial charge in [-0.05, 0) is 43.0 Å². The van der Waals surface area contributed by atoms with Crippen LogP contribution in [0, 0.1) is 11.7 Å². The highest BCUT2D eigenvalue weighted by atomic mass is 32.2. The molecule has 1 atom stereocenters. The summed E-state index contributed by atoms with van der Waals surface area (Å²) in [4.78, 5) is 29.7. The quantitative estimate of drug-likeness (QED) is 0.573. The van der Waals surface area contributed by atoms with Gasteiger partial charge in [-0.25, -0.2) is 17.6 Å². The van der Waals surface area contributed by atoms with Crippen molar-refractivity contribution in [3.63, 3.8) is 0 Å². The minimum absolute atomic E-state index is 0.0645. The maximum absolute atomic E-state index is 14.1. The summed E-state index contributed by atoms with van der Waals surface area (Å²) in [5, 5.41) is 0. The number of para-hydroxylation sites is 2. The van der Waals surface area contributed by atoms with Crippen LogP contribution >= 0.6 is 0 Å². The molecule has 1 amide bonds. The lowest BCUT2D eigenvalue weighted by Gasteiger charge is -2.35. The first-order valence-corrected chi connectivity index (χ1v) is 12.4. The van der Waals surface area contributed by atoms with E-state index in [1.54, 1.807) is 23.3 Å². The van der Waals surface area contributed by atoms with E-state index in [2.05, 4.69) is 9.71 Å². The fourth-order valence-electron chi connectivity index (χ4n) is 4.34. The van der Waals surface area contributed by atoms with Gasteiger partial charge in [0, 0.05) is 19.1 Å². The average molecular weight is 475 g/mol. The molecule has 4 rings (SSSR count). The van der Waals surface area contributed by atoms with Crippen molar-refractivity contribution in [2.45, 2.75) is 43.7 Å². The lowest BCUT2D eigenvalue weighted by molar-refractivity contribution is -0.135. The molecule has 0 saturated carbocycles. The van der Waals surface area contributed by atoms with Crippen molar-refractivity contribution in [1.82, 2.24) is 19.2 Å². The number of nitrogens with one attached hydrogen (secondary N) is 2. The topological polar surface area (TPSA) is 104 Å². The molecule has 33 heavy (non-hydrogen) atoms. The fraction of sp³-hybridized carbons (Fsp3) is 0.391. The number of benzene rings is 2. The second kappa shape index (κ2) is 9.11. The van der Waals surface area contributed by atoms with Crippen LogP contribution in [0.2, 0.25) is 0 Å². The van der Waals surface area contributed by atoms with Crippen LogP contribution < -0.4 is 10.4 Å². The molecule has 8 nitrogen and oxygen atoms in total.